The first-order chi connectivity index (χ1) is 10.3. The zero-order chi connectivity index (χ0) is 14.7. The lowest BCUT2D eigenvalue weighted by Gasteiger charge is -2.21. The molecule has 0 aliphatic carbocycles. The van der Waals surface area contributed by atoms with Crippen molar-refractivity contribution in [2.75, 3.05) is 20.3 Å². The van der Waals surface area contributed by atoms with Crippen LogP contribution < -0.4 is 18.9 Å². The van der Waals surface area contributed by atoms with Crippen LogP contribution in [0.4, 0.5) is 0 Å². The molecule has 1 heterocycles. The zero-order valence-electron chi connectivity index (χ0n) is 11.5. The van der Waals surface area contributed by atoms with E-state index in [1.807, 2.05) is 6.07 Å². The molecular weight excluding hydrogens is 272 g/mol. The van der Waals surface area contributed by atoms with E-state index >= 15 is 0 Å². The zero-order valence-corrected chi connectivity index (χ0v) is 11.5. The predicted octanol–water partition coefficient (Wildman–Crippen LogP) is 2.69. The van der Waals surface area contributed by atoms with Crippen molar-refractivity contribution in [3.8, 4) is 23.0 Å². The lowest BCUT2D eigenvalue weighted by atomic mass is 10.1. The highest BCUT2D eigenvalue weighted by Gasteiger charge is 2.21. The third-order valence-electron chi connectivity index (χ3n) is 3.02. The van der Waals surface area contributed by atoms with Crippen molar-refractivity contribution in [1.82, 2.24) is 0 Å². The van der Waals surface area contributed by atoms with Gasteiger partial charge in [-0.3, -0.25) is 0 Å². The Morgan fingerprint density at radius 2 is 1.86 bits per heavy atom. The van der Waals surface area contributed by atoms with E-state index in [0.29, 0.717) is 41.8 Å². The number of carbonyl (C=O) groups excluding carboxylic acids is 1. The molecule has 0 bridgehead atoms. The number of carbonyl (C=O) groups is 1. The highest BCUT2D eigenvalue weighted by atomic mass is 16.6. The van der Waals surface area contributed by atoms with E-state index in [0.717, 1.165) is 0 Å². The van der Waals surface area contributed by atoms with Gasteiger partial charge in [0.15, 0.2) is 11.5 Å². The highest BCUT2D eigenvalue weighted by Crippen LogP contribution is 2.40. The van der Waals surface area contributed by atoms with Crippen LogP contribution in [-0.4, -0.2) is 26.3 Å². The second kappa shape index (κ2) is 5.75. The normalized spacial score (nSPS) is 12.6. The molecule has 2 aromatic rings. The number of rotatable bonds is 3. The number of ether oxygens (including phenoxy) is 4. The SMILES string of the molecule is COc1cc(C(=O)Oc2ccccc2)cc2c1OCCO2. The molecule has 0 unspecified atom stereocenters. The molecule has 5 nitrogen and oxygen atoms in total. The fraction of sp³-hybridized carbons (Fsp3) is 0.188. The molecule has 21 heavy (non-hydrogen) atoms. The van der Waals surface area contributed by atoms with E-state index in [9.17, 15) is 4.79 Å². The number of para-hydroxylation sites is 1. The quantitative estimate of drug-likeness (QED) is 0.641. The fourth-order valence-corrected chi connectivity index (χ4v) is 2.05. The summed E-state index contributed by atoms with van der Waals surface area (Å²) in [5.74, 6) is 1.46. The summed E-state index contributed by atoms with van der Waals surface area (Å²) < 4.78 is 21.5. The summed E-state index contributed by atoms with van der Waals surface area (Å²) in [7, 11) is 1.51. The minimum absolute atomic E-state index is 0.347. The van der Waals surface area contributed by atoms with Crippen molar-refractivity contribution < 1.29 is 23.7 Å². The predicted molar refractivity (Wildman–Crippen MR) is 75.4 cm³/mol. The van der Waals surface area contributed by atoms with E-state index in [4.69, 9.17) is 18.9 Å². The van der Waals surface area contributed by atoms with Crippen molar-refractivity contribution in [1.29, 1.82) is 0 Å². The summed E-state index contributed by atoms with van der Waals surface area (Å²) in [5.41, 5.74) is 0.347. The van der Waals surface area contributed by atoms with E-state index in [2.05, 4.69) is 0 Å². The Bertz CT molecular complexity index is 634. The van der Waals surface area contributed by atoms with Gasteiger partial charge in [0.2, 0.25) is 5.75 Å². The van der Waals surface area contributed by atoms with Crippen molar-refractivity contribution in [2.24, 2.45) is 0 Å². The molecule has 1 aliphatic rings. The molecule has 0 fully saturated rings. The molecule has 5 heteroatoms. The maximum atomic E-state index is 12.2. The van der Waals surface area contributed by atoms with Crippen LogP contribution in [0.2, 0.25) is 0 Å². The Labute approximate surface area is 122 Å². The van der Waals surface area contributed by atoms with Crippen LogP contribution in [0.15, 0.2) is 42.5 Å². The lowest BCUT2D eigenvalue weighted by Crippen LogP contribution is -2.17. The van der Waals surface area contributed by atoms with E-state index in [-0.39, 0.29) is 0 Å². The number of hydrogen-bond acceptors (Lipinski definition) is 5. The second-order valence-electron chi connectivity index (χ2n) is 4.41. The van der Waals surface area contributed by atoms with Crippen LogP contribution >= 0.6 is 0 Å². The van der Waals surface area contributed by atoms with Crippen molar-refractivity contribution in [3.05, 3.63) is 48.0 Å². The van der Waals surface area contributed by atoms with E-state index < -0.39 is 5.97 Å². The summed E-state index contributed by atoms with van der Waals surface area (Å²) in [6, 6.07) is 12.1. The van der Waals surface area contributed by atoms with Crippen molar-refractivity contribution in [3.63, 3.8) is 0 Å². The molecule has 0 saturated carbocycles. The molecule has 0 spiro atoms. The largest absolute Gasteiger partial charge is 0.493 e. The Morgan fingerprint density at radius 3 is 2.62 bits per heavy atom. The van der Waals surface area contributed by atoms with Gasteiger partial charge in [0.25, 0.3) is 0 Å². The first-order valence-corrected chi connectivity index (χ1v) is 6.53. The number of methoxy groups -OCH3 is 1. The first kappa shape index (κ1) is 13.3. The Morgan fingerprint density at radius 1 is 1.10 bits per heavy atom. The molecule has 0 saturated heterocycles. The van der Waals surface area contributed by atoms with Gasteiger partial charge in [-0.25, -0.2) is 4.79 Å². The summed E-state index contributed by atoms with van der Waals surface area (Å²) >= 11 is 0. The minimum atomic E-state index is -0.475. The van der Waals surface area contributed by atoms with Gasteiger partial charge in [-0.2, -0.15) is 0 Å². The Kier molecular flexibility index (Phi) is 3.64. The van der Waals surface area contributed by atoms with Gasteiger partial charge in [0.1, 0.15) is 19.0 Å². The van der Waals surface area contributed by atoms with Crippen LogP contribution in [0, 0.1) is 0 Å². The molecule has 0 N–H and O–H groups in total. The average Bonchev–Trinajstić information content (AvgIpc) is 2.54. The summed E-state index contributed by atoms with van der Waals surface area (Å²) in [6.07, 6.45) is 0. The number of benzene rings is 2. The van der Waals surface area contributed by atoms with Crippen LogP contribution in [-0.2, 0) is 0 Å². The topological polar surface area (TPSA) is 54.0 Å². The molecule has 0 aromatic heterocycles. The third kappa shape index (κ3) is 2.76. The summed E-state index contributed by atoms with van der Waals surface area (Å²) in [6.45, 7) is 0.893. The maximum Gasteiger partial charge on any atom is 0.343 e. The van der Waals surface area contributed by atoms with Gasteiger partial charge >= 0.3 is 5.97 Å². The molecule has 0 radical (unpaired) electrons. The number of fused-ring (bicyclic) bond motifs is 1. The summed E-state index contributed by atoms with van der Waals surface area (Å²) in [5, 5.41) is 0. The van der Waals surface area contributed by atoms with Gasteiger partial charge in [-0.15, -0.1) is 0 Å². The van der Waals surface area contributed by atoms with Gasteiger partial charge in [0, 0.05) is 0 Å². The minimum Gasteiger partial charge on any atom is -0.493 e. The van der Waals surface area contributed by atoms with Crippen LogP contribution in [0.25, 0.3) is 0 Å². The maximum absolute atomic E-state index is 12.2. The van der Waals surface area contributed by atoms with Crippen LogP contribution in [0.1, 0.15) is 10.4 Å². The van der Waals surface area contributed by atoms with Gasteiger partial charge < -0.3 is 18.9 Å². The van der Waals surface area contributed by atoms with Crippen molar-refractivity contribution in [2.45, 2.75) is 0 Å². The fourth-order valence-electron chi connectivity index (χ4n) is 2.05. The molecule has 3 rings (SSSR count). The van der Waals surface area contributed by atoms with Gasteiger partial charge in [-0.05, 0) is 24.3 Å². The van der Waals surface area contributed by atoms with E-state index in [1.54, 1.807) is 36.4 Å². The Hall–Kier alpha value is -2.69. The molecular formula is C16H14O5. The highest BCUT2D eigenvalue weighted by molar-refractivity contribution is 5.92. The molecule has 0 atom stereocenters. The third-order valence-corrected chi connectivity index (χ3v) is 3.02. The molecule has 0 amide bonds. The monoisotopic (exact) mass is 286 g/mol. The van der Waals surface area contributed by atoms with Crippen molar-refractivity contribution >= 4 is 5.97 Å². The van der Waals surface area contributed by atoms with E-state index in [1.165, 1.54) is 7.11 Å². The summed E-state index contributed by atoms with van der Waals surface area (Å²) in [4.78, 5) is 12.2. The Balaban J connectivity index is 1.89. The van der Waals surface area contributed by atoms with Crippen LogP contribution in [0.5, 0.6) is 23.0 Å². The van der Waals surface area contributed by atoms with Crippen LogP contribution in [0.3, 0.4) is 0 Å². The lowest BCUT2D eigenvalue weighted by molar-refractivity contribution is 0.0733. The second-order valence-corrected chi connectivity index (χ2v) is 4.41. The molecule has 108 valence electrons. The number of hydrogen-bond donors (Lipinski definition) is 0. The number of esters is 1. The average molecular weight is 286 g/mol. The standard InChI is InChI=1S/C16H14O5/c1-18-13-9-11(10-14-15(13)20-8-7-19-14)16(17)21-12-5-3-2-4-6-12/h2-6,9-10H,7-8H2,1H3. The smallest absolute Gasteiger partial charge is 0.343 e. The first-order valence-electron chi connectivity index (χ1n) is 6.53. The molecule has 2 aromatic carbocycles. The van der Waals surface area contributed by atoms with Gasteiger partial charge in [-0.1, -0.05) is 18.2 Å². The molecule has 1 aliphatic heterocycles. The van der Waals surface area contributed by atoms with Gasteiger partial charge in [0.05, 0.1) is 12.7 Å².